The number of rotatable bonds is 5. The average molecular weight is 236 g/mol. The highest BCUT2D eigenvalue weighted by Crippen LogP contribution is 2.08. The van der Waals surface area contributed by atoms with Gasteiger partial charge in [-0.25, -0.2) is 10.8 Å². The molecule has 1 unspecified atom stereocenters. The standard InChI is InChI=1S/C12H20N4O/c1-8(2)9(3)6-15-12(17)10-4-5-11(16-13)14-7-10/h4-5,7-9H,6,13H2,1-3H3,(H,14,16)(H,15,17). The van der Waals surface area contributed by atoms with Crippen molar-refractivity contribution in [2.45, 2.75) is 20.8 Å². The van der Waals surface area contributed by atoms with Gasteiger partial charge in [-0.2, -0.15) is 0 Å². The first-order valence-electron chi connectivity index (χ1n) is 5.75. The molecule has 1 rings (SSSR count). The fraction of sp³-hybridized carbons (Fsp3) is 0.500. The zero-order chi connectivity index (χ0) is 12.8. The van der Waals surface area contributed by atoms with Crippen LogP contribution in [0.15, 0.2) is 18.3 Å². The number of carbonyl (C=O) groups is 1. The van der Waals surface area contributed by atoms with Crippen LogP contribution in [0.4, 0.5) is 5.82 Å². The van der Waals surface area contributed by atoms with Gasteiger partial charge in [0.05, 0.1) is 5.56 Å². The van der Waals surface area contributed by atoms with Gasteiger partial charge >= 0.3 is 0 Å². The molecule has 0 aliphatic rings. The van der Waals surface area contributed by atoms with Crippen LogP contribution in [0, 0.1) is 11.8 Å². The highest BCUT2D eigenvalue weighted by atomic mass is 16.1. The molecule has 0 saturated heterocycles. The first-order valence-corrected chi connectivity index (χ1v) is 5.75. The van der Waals surface area contributed by atoms with Crippen LogP contribution in [0.2, 0.25) is 0 Å². The molecule has 94 valence electrons. The van der Waals surface area contributed by atoms with Crippen molar-refractivity contribution in [2.24, 2.45) is 17.7 Å². The predicted molar refractivity (Wildman–Crippen MR) is 68.4 cm³/mol. The Morgan fingerprint density at radius 3 is 2.59 bits per heavy atom. The molecule has 0 aliphatic carbocycles. The predicted octanol–water partition coefficient (Wildman–Crippen LogP) is 1.39. The summed E-state index contributed by atoms with van der Waals surface area (Å²) in [6, 6.07) is 3.36. The number of hydrogen-bond donors (Lipinski definition) is 3. The molecule has 1 aromatic rings. The Kier molecular flexibility index (Phi) is 4.90. The molecule has 1 atom stereocenters. The highest BCUT2D eigenvalue weighted by Gasteiger charge is 2.10. The number of anilines is 1. The van der Waals surface area contributed by atoms with Crippen molar-refractivity contribution in [2.75, 3.05) is 12.0 Å². The summed E-state index contributed by atoms with van der Waals surface area (Å²) in [7, 11) is 0. The van der Waals surface area contributed by atoms with E-state index < -0.39 is 0 Å². The number of nitrogens with one attached hydrogen (secondary N) is 2. The SMILES string of the molecule is CC(C)C(C)CNC(=O)c1ccc(NN)nc1. The lowest BCUT2D eigenvalue weighted by molar-refractivity contribution is 0.0944. The number of aromatic nitrogens is 1. The van der Waals surface area contributed by atoms with E-state index in [0.717, 1.165) is 0 Å². The summed E-state index contributed by atoms with van der Waals surface area (Å²) in [6.07, 6.45) is 1.50. The normalized spacial score (nSPS) is 12.3. The third kappa shape index (κ3) is 4.03. The topological polar surface area (TPSA) is 80.0 Å². The fourth-order valence-electron chi connectivity index (χ4n) is 1.21. The fourth-order valence-corrected chi connectivity index (χ4v) is 1.21. The molecule has 17 heavy (non-hydrogen) atoms. The number of amides is 1. The van der Waals surface area contributed by atoms with Gasteiger partial charge in [0.1, 0.15) is 5.82 Å². The molecule has 0 radical (unpaired) electrons. The summed E-state index contributed by atoms with van der Waals surface area (Å²) in [4.78, 5) is 15.8. The molecule has 0 spiro atoms. The maximum atomic E-state index is 11.8. The summed E-state index contributed by atoms with van der Waals surface area (Å²) in [5.74, 6) is 6.64. The number of hydrogen-bond acceptors (Lipinski definition) is 4. The summed E-state index contributed by atoms with van der Waals surface area (Å²) >= 11 is 0. The van der Waals surface area contributed by atoms with E-state index in [-0.39, 0.29) is 5.91 Å². The highest BCUT2D eigenvalue weighted by molar-refractivity contribution is 5.94. The van der Waals surface area contributed by atoms with Crippen LogP contribution in [-0.2, 0) is 0 Å². The smallest absolute Gasteiger partial charge is 0.252 e. The largest absolute Gasteiger partial charge is 0.352 e. The molecule has 0 aliphatic heterocycles. The van der Waals surface area contributed by atoms with Crippen molar-refractivity contribution < 1.29 is 4.79 Å². The van der Waals surface area contributed by atoms with Crippen LogP contribution >= 0.6 is 0 Å². The van der Waals surface area contributed by atoms with Crippen LogP contribution in [0.25, 0.3) is 0 Å². The third-order valence-corrected chi connectivity index (χ3v) is 2.90. The van der Waals surface area contributed by atoms with E-state index in [9.17, 15) is 4.79 Å². The van der Waals surface area contributed by atoms with E-state index in [1.807, 2.05) is 0 Å². The van der Waals surface area contributed by atoms with E-state index >= 15 is 0 Å². The van der Waals surface area contributed by atoms with Gasteiger partial charge in [0.15, 0.2) is 0 Å². The maximum Gasteiger partial charge on any atom is 0.252 e. The van der Waals surface area contributed by atoms with Crippen LogP contribution < -0.4 is 16.6 Å². The van der Waals surface area contributed by atoms with Crippen LogP contribution in [0.1, 0.15) is 31.1 Å². The molecule has 1 aromatic heterocycles. The lowest BCUT2D eigenvalue weighted by atomic mass is 9.98. The molecule has 1 amide bonds. The molecular formula is C12H20N4O. The molecule has 5 nitrogen and oxygen atoms in total. The Balaban J connectivity index is 2.52. The number of hydrazine groups is 1. The van der Waals surface area contributed by atoms with Crippen LogP contribution in [-0.4, -0.2) is 17.4 Å². The van der Waals surface area contributed by atoms with Crippen LogP contribution in [0.3, 0.4) is 0 Å². The maximum absolute atomic E-state index is 11.8. The quantitative estimate of drug-likeness (QED) is 0.533. The number of nitrogen functional groups attached to an aromatic ring is 1. The monoisotopic (exact) mass is 236 g/mol. The van der Waals surface area contributed by atoms with Gasteiger partial charge in [0.2, 0.25) is 0 Å². The first-order chi connectivity index (χ1) is 8.04. The Morgan fingerprint density at radius 2 is 2.12 bits per heavy atom. The molecule has 4 N–H and O–H groups in total. The van der Waals surface area contributed by atoms with Gasteiger partial charge < -0.3 is 10.7 Å². The van der Waals surface area contributed by atoms with Gasteiger partial charge in [0.25, 0.3) is 5.91 Å². The summed E-state index contributed by atoms with van der Waals surface area (Å²) in [5, 5.41) is 2.89. The van der Waals surface area contributed by atoms with Gasteiger partial charge in [-0.3, -0.25) is 4.79 Å². The minimum Gasteiger partial charge on any atom is -0.352 e. The number of carbonyl (C=O) groups excluding carboxylic acids is 1. The molecule has 1 heterocycles. The average Bonchev–Trinajstić information content (AvgIpc) is 2.35. The minimum atomic E-state index is -0.103. The van der Waals surface area contributed by atoms with Crippen molar-refractivity contribution in [1.29, 1.82) is 0 Å². The summed E-state index contributed by atoms with van der Waals surface area (Å²) < 4.78 is 0. The molecular weight excluding hydrogens is 216 g/mol. The second kappa shape index (κ2) is 6.20. The van der Waals surface area contributed by atoms with Crippen molar-refractivity contribution in [1.82, 2.24) is 10.3 Å². The molecule has 0 bridgehead atoms. The zero-order valence-electron chi connectivity index (χ0n) is 10.5. The van der Waals surface area contributed by atoms with Gasteiger partial charge in [-0.05, 0) is 24.0 Å². The Morgan fingerprint density at radius 1 is 1.41 bits per heavy atom. The second-order valence-corrected chi connectivity index (χ2v) is 4.51. The molecule has 5 heteroatoms. The Bertz CT molecular complexity index is 361. The van der Waals surface area contributed by atoms with E-state index in [0.29, 0.717) is 29.8 Å². The number of pyridine rings is 1. The third-order valence-electron chi connectivity index (χ3n) is 2.90. The number of nitrogens with zero attached hydrogens (tertiary/aromatic N) is 1. The van der Waals surface area contributed by atoms with Crippen molar-refractivity contribution in [3.8, 4) is 0 Å². The number of nitrogens with two attached hydrogens (primary N) is 1. The van der Waals surface area contributed by atoms with Crippen molar-refractivity contribution in [3.05, 3.63) is 23.9 Å². The van der Waals surface area contributed by atoms with E-state index in [1.165, 1.54) is 6.20 Å². The van der Waals surface area contributed by atoms with Crippen molar-refractivity contribution in [3.63, 3.8) is 0 Å². The van der Waals surface area contributed by atoms with Crippen LogP contribution in [0.5, 0.6) is 0 Å². The molecule has 0 saturated carbocycles. The first kappa shape index (κ1) is 13.4. The van der Waals surface area contributed by atoms with E-state index in [4.69, 9.17) is 5.84 Å². The minimum absolute atomic E-state index is 0.103. The Labute approximate surface area is 102 Å². The lowest BCUT2D eigenvalue weighted by Crippen LogP contribution is -2.30. The van der Waals surface area contributed by atoms with Crippen molar-refractivity contribution >= 4 is 11.7 Å². The Hall–Kier alpha value is -1.62. The second-order valence-electron chi connectivity index (χ2n) is 4.51. The van der Waals surface area contributed by atoms with Gasteiger partial charge in [-0.1, -0.05) is 20.8 Å². The van der Waals surface area contributed by atoms with Gasteiger partial charge in [0, 0.05) is 12.7 Å². The van der Waals surface area contributed by atoms with E-state index in [2.05, 4.69) is 36.5 Å². The molecule has 0 aromatic carbocycles. The zero-order valence-corrected chi connectivity index (χ0v) is 10.5. The van der Waals surface area contributed by atoms with E-state index in [1.54, 1.807) is 12.1 Å². The summed E-state index contributed by atoms with van der Waals surface area (Å²) in [5.41, 5.74) is 2.96. The van der Waals surface area contributed by atoms with Gasteiger partial charge in [-0.15, -0.1) is 0 Å². The summed E-state index contributed by atoms with van der Waals surface area (Å²) in [6.45, 7) is 7.07. The molecule has 0 fully saturated rings. The lowest BCUT2D eigenvalue weighted by Gasteiger charge is -2.15.